The van der Waals surface area contributed by atoms with E-state index in [0.29, 0.717) is 23.2 Å². The molecule has 1 N–H and O–H groups in total. The standard InChI is InChI=1S/C23H28FN3O3.ClH/c1-13-20-17(15-5-6-15)9-18(23(29)30)22(28)27(20)12-19(24)21(13)26-10-14-4-3-7-25(2)16(8-14)11-26;/h9,12,14-16H,3-8,10-11H2,1-2H3,(H,29,30);1H. The molecule has 3 aliphatic rings. The highest BCUT2D eigenvalue weighted by molar-refractivity contribution is 5.89. The maximum Gasteiger partial charge on any atom is 0.341 e. The van der Waals surface area contributed by atoms with Crippen molar-refractivity contribution in [1.82, 2.24) is 9.30 Å². The number of aryl methyl sites for hydroxylation is 1. The summed E-state index contributed by atoms with van der Waals surface area (Å²) in [6.45, 7) is 4.56. The van der Waals surface area contributed by atoms with E-state index in [1.807, 2.05) is 6.92 Å². The molecule has 2 atom stereocenters. The number of carboxylic acids is 1. The summed E-state index contributed by atoms with van der Waals surface area (Å²) in [5, 5.41) is 9.47. The number of nitrogens with zero attached hydrogens (tertiary/aromatic N) is 3. The smallest absolute Gasteiger partial charge is 0.341 e. The first-order valence-corrected chi connectivity index (χ1v) is 10.9. The van der Waals surface area contributed by atoms with Gasteiger partial charge < -0.3 is 14.9 Å². The zero-order valence-corrected chi connectivity index (χ0v) is 18.8. The Labute approximate surface area is 187 Å². The summed E-state index contributed by atoms with van der Waals surface area (Å²) >= 11 is 0. The fraction of sp³-hybridized carbons (Fsp3) is 0.565. The van der Waals surface area contributed by atoms with Crippen LogP contribution in [0, 0.1) is 18.7 Å². The van der Waals surface area contributed by atoms with Gasteiger partial charge in [0.25, 0.3) is 5.56 Å². The number of aromatic carboxylic acids is 1. The van der Waals surface area contributed by atoms with E-state index in [1.54, 1.807) is 0 Å². The maximum absolute atomic E-state index is 15.4. The van der Waals surface area contributed by atoms with Crippen LogP contribution in [0.1, 0.15) is 59.5 Å². The van der Waals surface area contributed by atoms with Crippen molar-refractivity contribution in [3.63, 3.8) is 0 Å². The van der Waals surface area contributed by atoms with Gasteiger partial charge >= 0.3 is 5.97 Å². The van der Waals surface area contributed by atoms with Gasteiger partial charge in [0.15, 0.2) is 5.82 Å². The third-order valence-electron chi connectivity index (χ3n) is 7.27. The summed E-state index contributed by atoms with van der Waals surface area (Å²) in [6.07, 6.45) is 6.62. The van der Waals surface area contributed by atoms with E-state index in [1.165, 1.54) is 23.1 Å². The lowest BCUT2D eigenvalue weighted by molar-refractivity contribution is 0.0694. The molecule has 31 heavy (non-hydrogen) atoms. The van der Waals surface area contributed by atoms with E-state index in [4.69, 9.17) is 0 Å². The van der Waals surface area contributed by atoms with E-state index >= 15 is 4.39 Å². The van der Waals surface area contributed by atoms with Crippen molar-refractivity contribution in [3.05, 3.63) is 45.1 Å². The van der Waals surface area contributed by atoms with Crippen LogP contribution in [0.25, 0.3) is 5.52 Å². The molecule has 5 rings (SSSR count). The second-order valence-corrected chi connectivity index (χ2v) is 9.35. The molecular weight excluding hydrogens is 421 g/mol. The molecule has 1 saturated carbocycles. The summed E-state index contributed by atoms with van der Waals surface area (Å²) < 4.78 is 16.7. The molecular formula is C23H29ClFN3O3. The third kappa shape index (κ3) is 3.72. The summed E-state index contributed by atoms with van der Waals surface area (Å²) in [7, 11) is 2.15. The number of carboxylic acid groups (broad SMARTS) is 1. The Morgan fingerprint density at radius 2 is 1.97 bits per heavy atom. The van der Waals surface area contributed by atoms with Crippen molar-refractivity contribution < 1.29 is 14.3 Å². The SMILES string of the molecule is Cc1c(N2CC3CCCN(C)C(C3)C2)c(F)cn2c(=O)c(C(=O)O)cc(C3CC3)c12.Cl. The van der Waals surface area contributed by atoms with Crippen LogP contribution in [0.15, 0.2) is 17.1 Å². The molecule has 2 bridgehead atoms. The van der Waals surface area contributed by atoms with E-state index in [9.17, 15) is 14.7 Å². The fourth-order valence-corrected chi connectivity index (χ4v) is 5.59. The highest BCUT2D eigenvalue weighted by Gasteiger charge is 2.35. The molecule has 2 saturated heterocycles. The van der Waals surface area contributed by atoms with Crippen molar-refractivity contribution >= 4 is 29.6 Å². The van der Waals surface area contributed by atoms with Crippen LogP contribution in [0.2, 0.25) is 0 Å². The average Bonchev–Trinajstić information content (AvgIpc) is 3.53. The Balaban J connectivity index is 0.00000231. The third-order valence-corrected chi connectivity index (χ3v) is 7.27. The van der Waals surface area contributed by atoms with Crippen LogP contribution in [-0.4, -0.2) is 53.1 Å². The summed E-state index contributed by atoms with van der Waals surface area (Å²) in [4.78, 5) is 29.0. The van der Waals surface area contributed by atoms with Gasteiger partial charge in [-0.15, -0.1) is 12.4 Å². The first-order chi connectivity index (χ1) is 14.3. The number of rotatable bonds is 3. The van der Waals surface area contributed by atoms with Gasteiger partial charge in [-0.25, -0.2) is 9.18 Å². The number of likely N-dealkylation sites (tertiary alicyclic amines) is 1. The van der Waals surface area contributed by atoms with Gasteiger partial charge in [-0.05, 0) is 81.6 Å². The number of piperidine rings is 1. The molecule has 0 aromatic carbocycles. The number of hydrogen-bond acceptors (Lipinski definition) is 4. The highest BCUT2D eigenvalue weighted by atomic mass is 35.5. The lowest BCUT2D eigenvalue weighted by Crippen LogP contribution is -2.49. The molecule has 168 valence electrons. The molecule has 8 heteroatoms. The van der Waals surface area contributed by atoms with Crippen molar-refractivity contribution in [1.29, 1.82) is 0 Å². The fourth-order valence-electron chi connectivity index (χ4n) is 5.59. The van der Waals surface area contributed by atoms with Crippen LogP contribution in [0.3, 0.4) is 0 Å². The quantitative estimate of drug-likeness (QED) is 0.774. The predicted molar refractivity (Wildman–Crippen MR) is 121 cm³/mol. The number of halogens is 2. The summed E-state index contributed by atoms with van der Waals surface area (Å²) in [5.74, 6) is -0.928. The number of anilines is 1. The lowest BCUT2D eigenvalue weighted by atomic mass is 9.91. The summed E-state index contributed by atoms with van der Waals surface area (Å²) in [6, 6.07) is 1.93. The Morgan fingerprint density at radius 3 is 2.65 bits per heavy atom. The van der Waals surface area contributed by atoms with Crippen LogP contribution < -0.4 is 10.5 Å². The predicted octanol–water partition coefficient (Wildman–Crippen LogP) is 3.66. The molecule has 1 aliphatic carbocycles. The molecule has 0 radical (unpaired) electrons. The number of likely N-dealkylation sites (N-methyl/N-ethyl adjacent to an activating group) is 1. The Kier molecular flexibility index (Phi) is 5.77. The van der Waals surface area contributed by atoms with E-state index in [2.05, 4.69) is 16.8 Å². The van der Waals surface area contributed by atoms with Gasteiger partial charge in [0.05, 0.1) is 17.4 Å². The molecule has 0 amide bonds. The first kappa shape index (κ1) is 22.1. The van der Waals surface area contributed by atoms with Crippen molar-refractivity contribution in [3.8, 4) is 0 Å². The number of carbonyl (C=O) groups is 1. The zero-order chi connectivity index (χ0) is 21.2. The van der Waals surface area contributed by atoms with Crippen molar-refractivity contribution in [2.75, 3.05) is 31.6 Å². The number of fused-ring (bicyclic) bond motifs is 3. The molecule has 6 nitrogen and oxygen atoms in total. The van der Waals surface area contributed by atoms with Gasteiger partial charge in [-0.1, -0.05) is 0 Å². The van der Waals surface area contributed by atoms with E-state index in [-0.39, 0.29) is 23.9 Å². The molecule has 2 aromatic heterocycles. The monoisotopic (exact) mass is 449 g/mol. The van der Waals surface area contributed by atoms with Gasteiger partial charge in [0.2, 0.25) is 0 Å². The van der Waals surface area contributed by atoms with E-state index in [0.717, 1.165) is 56.4 Å². The van der Waals surface area contributed by atoms with Crippen LogP contribution in [-0.2, 0) is 0 Å². The van der Waals surface area contributed by atoms with E-state index < -0.39 is 17.3 Å². The van der Waals surface area contributed by atoms with Gasteiger partial charge in [0.1, 0.15) is 5.56 Å². The first-order valence-electron chi connectivity index (χ1n) is 10.9. The Hall–Kier alpha value is -2.12. The van der Waals surface area contributed by atoms with Crippen LogP contribution in [0.4, 0.5) is 10.1 Å². The normalized spacial score (nSPS) is 24.0. The molecule has 2 aromatic rings. The lowest BCUT2D eigenvalue weighted by Gasteiger charge is -2.41. The molecule has 4 heterocycles. The number of aromatic nitrogens is 1. The zero-order valence-electron chi connectivity index (χ0n) is 17.9. The minimum atomic E-state index is -1.26. The largest absolute Gasteiger partial charge is 0.477 e. The van der Waals surface area contributed by atoms with Crippen LogP contribution >= 0.6 is 12.4 Å². The van der Waals surface area contributed by atoms with Crippen molar-refractivity contribution in [2.24, 2.45) is 5.92 Å². The Morgan fingerprint density at radius 1 is 1.23 bits per heavy atom. The second-order valence-electron chi connectivity index (χ2n) is 9.35. The van der Waals surface area contributed by atoms with Gasteiger partial charge in [-0.3, -0.25) is 9.20 Å². The highest BCUT2D eigenvalue weighted by Crippen LogP contribution is 2.44. The second kappa shape index (κ2) is 8.10. The number of hydrogen-bond donors (Lipinski definition) is 1. The van der Waals surface area contributed by atoms with Gasteiger partial charge in [0, 0.05) is 19.1 Å². The number of pyridine rings is 2. The minimum absolute atomic E-state index is 0. The summed E-state index contributed by atoms with van der Waals surface area (Å²) in [5.41, 5.74) is 1.91. The van der Waals surface area contributed by atoms with Crippen LogP contribution in [0.5, 0.6) is 0 Å². The molecule has 2 aliphatic heterocycles. The van der Waals surface area contributed by atoms with Gasteiger partial charge in [-0.2, -0.15) is 0 Å². The molecule has 3 fully saturated rings. The van der Waals surface area contributed by atoms with Crippen molar-refractivity contribution in [2.45, 2.75) is 51.0 Å². The minimum Gasteiger partial charge on any atom is -0.477 e. The molecule has 2 unspecified atom stereocenters. The maximum atomic E-state index is 15.4. The Bertz CT molecular complexity index is 1100. The molecule has 0 spiro atoms. The topological polar surface area (TPSA) is 65.3 Å². The average molecular weight is 450 g/mol.